The van der Waals surface area contributed by atoms with E-state index in [0.29, 0.717) is 23.5 Å². The first-order valence-corrected chi connectivity index (χ1v) is 6.42. The first-order chi connectivity index (χ1) is 7.91. The van der Waals surface area contributed by atoms with Crippen LogP contribution in [-0.2, 0) is 0 Å². The molecule has 0 atom stereocenters. The summed E-state index contributed by atoms with van der Waals surface area (Å²) in [7, 11) is 1.74. The first-order valence-electron chi connectivity index (χ1n) is 5.21. The fraction of sp³-hybridized carbons (Fsp3) is 0.333. The Labute approximate surface area is 115 Å². The van der Waals surface area contributed by atoms with Crippen LogP contribution in [0.3, 0.4) is 0 Å². The fourth-order valence-corrected chi connectivity index (χ4v) is 1.80. The Morgan fingerprint density at radius 1 is 1.53 bits per heavy atom. The molecule has 3 nitrogen and oxygen atoms in total. The second-order valence-corrected chi connectivity index (χ2v) is 5.29. The van der Waals surface area contributed by atoms with Crippen molar-refractivity contribution < 1.29 is 4.79 Å². The first kappa shape index (κ1) is 14.1. The Hall–Kier alpha value is -0.940. The minimum Gasteiger partial charge on any atom is -0.393 e. The average molecular weight is 315 g/mol. The second-order valence-electron chi connectivity index (χ2n) is 3.91. The SMILES string of the molecule is Cc1ccc(C(=O)N(C)CCC(N)=S)cc1Br. The van der Waals surface area contributed by atoms with Gasteiger partial charge in [-0.1, -0.05) is 34.2 Å². The lowest BCUT2D eigenvalue weighted by Crippen LogP contribution is -2.30. The van der Waals surface area contributed by atoms with Crippen LogP contribution in [0.2, 0.25) is 0 Å². The number of amides is 1. The molecule has 0 fully saturated rings. The van der Waals surface area contributed by atoms with Crippen molar-refractivity contribution in [3.05, 3.63) is 33.8 Å². The highest BCUT2D eigenvalue weighted by atomic mass is 79.9. The van der Waals surface area contributed by atoms with E-state index in [0.717, 1.165) is 10.0 Å². The maximum Gasteiger partial charge on any atom is 0.253 e. The van der Waals surface area contributed by atoms with E-state index in [1.807, 2.05) is 25.1 Å². The van der Waals surface area contributed by atoms with Gasteiger partial charge < -0.3 is 10.6 Å². The van der Waals surface area contributed by atoms with Crippen molar-refractivity contribution >= 4 is 39.0 Å². The number of aryl methyl sites for hydroxylation is 1. The topological polar surface area (TPSA) is 46.3 Å². The maximum atomic E-state index is 12.0. The highest BCUT2D eigenvalue weighted by Gasteiger charge is 2.12. The van der Waals surface area contributed by atoms with Gasteiger partial charge in [0, 0.05) is 30.0 Å². The average Bonchev–Trinajstić information content (AvgIpc) is 2.28. The molecule has 2 N–H and O–H groups in total. The van der Waals surface area contributed by atoms with Gasteiger partial charge in [-0.15, -0.1) is 0 Å². The second kappa shape index (κ2) is 6.12. The number of benzene rings is 1. The Balaban J connectivity index is 2.74. The maximum absolute atomic E-state index is 12.0. The molecule has 1 aromatic carbocycles. The van der Waals surface area contributed by atoms with E-state index in [9.17, 15) is 4.79 Å². The molecule has 0 heterocycles. The van der Waals surface area contributed by atoms with E-state index < -0.39 is 0 Å². The third kappa shape index (κ3) is 4.09. The summed E-state index contributed by atoms with van der Waals surface area (Å²) in [5, 5.41) is 0. The van der Waals surface area contributed by atoms with Gasteiger partial charge in [0.05, 0.1) is 4.99 Å². The Kier molecular flexibility index (Phi) is 5.08. The molecule has 0 unspecified atom stereocenters. The molecule has 1 aromatic rings. The molecular weight excluding hydrogens is 300 g/mol. The van der Waals surface area contributed by atoms with Crippen LogP contribution in [0, 0.1) is 6.92 Å². The predicted molar refractivity (Wildman–Crippen MR) is 77.2 cm³/mol. The van der Waals surface area contributed by atoms with Gasteiger partial charge >= 0.3 is 0 Å². The summed E-state index contributed by atoms with van der Waals surface area (Å²) in [4.78, 5) is 14.1. The van der Waals surface area contributed by atoms with Gasteiger partial charge in [-0.05, 0) is 24.6 Å². The van der Waals surface area contributed by atoms with Crippen LogP contribution in [0.15, 0.2) is 22.7 Å². The Morgan fingerprint density at radius 2 is 2.18 bits per heavy atom. The molecule has 1 amide bonds. The van der Waals surface area contributed by atoms with Crippen LogP contribution >= 0.6 is 28.1 Å². The summed E-state index contributed by atoms with van der Waals surface area (Å²) >= 11 is 8.20. The summed E-state index contributed by atoms with van der Waals surface area (Å²) < 4.78 is 0.936. The van der Waals surface area contributed by atoms with E-state index in [4.69, 9.17) is 18.0 Å². The Bertz CT molecular complexity index is 448. The van der Waals surface area contributed by atoms with Gasteiger partial charge in [0.1, 0.15) is 0 Å². The molecule has 5 heteroatoms. The molecule has 1 rings (SSSR count). The minimum atomic E-state index is -0.0260. The summed E-state index contributed by atoms with van der Waals surface area (Å²) in [6.07, 6.45) is 0.546. The van der Waals surface area contributed by atoms with E-state index in [1.54, 1.807) is 11.9 Å². The van der Waals surface area contributed by atoms with Crippen LogP contribution in [0.5, 0.6) is 0 Å². The normalized spacial score (nSPS) is 10.1. The number of hydrogen-bond donors (Lipinski definition) is 1. The third-order valence-corrected chi connectivity index (χ3v) is 3.52. The highest BCUT2D eigenvalue weighted by Crippen LogP contribution is 2.18. The van der Waals surface area contributed by atoms with Gasteiger partial charge in [0.15, 0.2) is 0 Å². The number of carbonyl (C=O) groups excluding carboxylic acids is 1. The van der Waals surface area contributed by atoms with Gasteiger partial charge in [-0.3, -0.25) is 4.79 Å². The van der Waals surface area contributed by atoms with E-state index >= 15 is 0 Å². The predicted octanol–water partition coefficient (Wildman–Crippen LogP) is 2.51. The van der Waals surface area contributed by atoms with Gasteiger partial charge in [-0.2, -0.15) is 0 Å². The fourth-order valence-electron chi connectivity index (χ4n) is 1.33. The molecule has 17 heavy (non-hydrogen) atoms. The number of halogens is 1. The van der Waals surface area contributed by atoms with Crippen molar-refractivity contribution in [3.63, 3.8) is 0 Å². The molecule has 0 spiro atoms. The zero-order valence-corrected chi connectivity index (χ0v) is 12.3. The summed E-state index contributed by atoms with van der Waals surface area (Å²) in [6, 6.07) is 5.56. The lowest BCUT2D eigenvalue weighted by Gasteiger charge is -2.17. The van der Waals surface area contributed by atoms with Crippen LogP contribution in [0.1, 0.15) is 22.3 Å². The minimum absolute atomic E-state index is 0.0260. The van der Waals surface area contributed by atoms with Gasteiger partial charge in [0.25, 0.3) is 5.91 Å². The third-order valence-electron chi connectivity index (χ3n) is 2.46. The number of nitrogens with two attached hydrogens (primary N) is 1. The summed E-state index contributed by atoms with van der Waals surface area (Å²) in [5.41, 5.74) is 7.17. The van der Waals surface area contributed by atoms with Crippen molar-refractivity contribution in [1.29, 1.82) is 0 Å². The molecule has 0 bridgehead atoms. The standard InChI is InChI=1S/C12H15BrN2OS/c1-8-3-4-9(7-10(8)13)12(16)15(2)6-5-11(14)17/h3-4,7H,5-6H2,1-2H3,(H2,14,17). The van der Waals surface area contributed by atoms with Crippen molar-refractivity contribution in [1.82, 2.24) is 4.90 Å². The van der Waals surface area contributed by atoms with Crippen LogP contribution < -0.4 is 5.73 Å². The zero-order chi connectivity index (χ0) is 13.0. The van der Waals surface area contributed by atoms with E-state index in [1.165, 1.54) is 0 Å². The lowest BCUT2D eigenvalue weighted by molar-refractivity contribution is 0.0799. The molecule has 0 aliphatic heterocycles. The number of thiocarbonyl (C=S) groups is 1. The van der Waals surface area contributed by atoms with Gasteiger partial charge in [0.2, 0.25) is 0 Å². The molecular formula is C12H15BrN2OS. The Morgan fingerprint density at radius 3 is 2.71 bits per heavy atom. The molecule has 0 saturated heterocycles. The molecule has 0 aromatic heterocycles. The quantitative estimate of drug-likeness (QED) is 0.869. The van der Waals surface area contributed by atoms with Crippen LogP contribution in [-0.4, -0.2) is 29.4 Å². The number of nitrogens with zero attached hydrogens (tertiary/aromatic N) is 1. The number of hydrogen-bond acceptors (Lipinski definition) is 2. The molecule has 0 radical (unpaired) electrons. The lowest BCUT2D eigenvalue weighted by atomic mass is 10.1. The monoisotopic (exact) mass is 314 g/mol. The van der Waals surface area contributed by atoms with Gasteiger partial charge in [-0.25, -0.2) is 0 Å². The largest absolute Gasteiger partial charge is 0.393 e. The molecule has 92 valence electrons. The zero-order valence-electron chi connectivity index (χ0n) is 9.87. The summed E-state index contributed by atoms with van der Waals surface area (Å²) in [5.74, 6) is -0.0260. The van der Waals surface area contributed by atoms with Crippen molar-refractivity contribution in [2.45, 2.75) is 13.3 Å². The van der Waals surface area contributed by atoms with Crippen molar-refractivity contribution in [2.75, 3.05) is 13.6 Å². The molecule has 0 saturated carbocycles. The van der Waals surface area contributed by atoms with Crippen molar-refractivity contribution in [2.24, 2.45) is 5.73 Å². The number of rotatable bonds is 4. The van der Waals surface area contributed by atoms with Crippen LogP contribution in [0.25, 0.3) is 0 Å². The molecule has 0 aliphatic rings. The highest BCUT2D eigenvalue weighted by molar-refractivity contribution is 9.10. The van der Waals surface area contributed by atoms with E-state index in [-0.39, 0.29) is 5.91 Å². The smallest absolute Gasteiger partial charge is 0.253 e. The van der Waals surface area contributed by atoms with Crippen molar-refractivity contribution in [3.8, 4) is 0 Å². The molecule has 0 aliphatic carbocycles. The van der Waals surface area contributed by atoms with E-state index in [2.05, 4.69) is 15.9 Å². The van der Waals surface area contributed by atoms with Crippen LogP contribution in [0.4, 0.5) is 0 Å². The summed E-state index contributed by atoms with van der Waals surface area (Å²) in [6.45, 7) is 2.52. The number of carbonyl (C=O) groups is 1.